The molecule has 0 aromatic heterocycles. The zero-order chi connectivity index (χ0) is 18.6. The first-order valence-corrected chi connectivity index (χ1v) is 10.4. The average Bonchev–Trinajstić information content (AvgIpc) is 2.54. The van der Waals surface area contributed by atoms with Crippen molar-refractivity contribution in [1.82, 2.24) is 9.21 Å². The molecule has 0 saturated carbocycles. The summed E-state index contributed by atoms with van der Waals surface area (Å²) >= 11 is 6.08. The van der Waals surface area contributed by atoms with Gasteiger partial charge in [-0.1, -0.05) is 18.5 Å². The van der Waals surface area contributed by atoms with E-state index in [0.717, 1.165) is 49.0 Å². The Morgan fingerprint density at radius 2 is 1.92 bits per heavy atom. The van der Waals surface area contributed by atoms with Crippen LogP contribution in [-0.2, 0) is 14.8 Å². The normalized spacial score (nSPS) is 16.3. The number of amides is 1. The van der Waals surface area contributed by atoms with Gasteiger partial charge in [0.25, 0.3) is 0 Å². The largest absolute Gasteiger partial charge is 0.367 e. The van der Waals surface area contributed by atoms with Crippen molar-refractivity contribution in [2.45, 2.75) is 6.92 Å². The van der Waals surface area contributed by atoms with E-state index in [2.05, 4.69) is 22.0 Å². The van der Waals surface area contributed by atoms with Crippen LogP contribution in [-0.4, -0.2) is 76.1 Å². The molecule has 0 bridgehead atoms. The highest BCUT2D eigenvalue weighted by molar-refractivity contribution is 7.88. The minimum Gasteiger partial charge on any atom is -0.367 e. The van der Waals surface area contributed by atoms with E-state index < -0.39 is 15.9 Å². The Morgan fingerprint density at radius 1 is 1.28 bits per heavy atom. The van der Waals surface area contributed by atoms with Crippen molar-refractivity contribution >= 4 is 38.9 Å². The Balaban J connectivity index is 2.12. The summed E-state index contributed by atoms with van der Waals surface area (Å²) in [5.74, 6) is -0.399. The van der Waals surface area contributed by atoms with E-state index in [1.807, 2.05) is 6.07 Å². The van der Waals surface area contributed by atoms with Crippen LogP contribution >= 0.6 is 11.6 Å². The van der Waals surface area contributed by atoms with Gasteiger partial charge in [0.15, 0.2) is 0 Å². The molecule has 140 valence electrons. The van der Waals surface area contributed by atoms with E-state index in [0.29, 0.717) is 10.7 Å². The molecule has 0 spiro atoms. The van der Waals surface area contributed by atoms with E-state index in [1.165, 1.54) is 7.05 Å². The van der Waals surface area contributed by atoms with E-state index in [4.69, 9.17) is 11.6 Å². The molecule has 0 aliphatic carbocycles. The first-order valence-electron chi connectivity index (χ1n) is 8.18. The van der Waals surface area contributed by atoms with Gasteiger partial charge in [-0.15, -0.1) is 0 Å². The van der Waals surface area contributed by atoms with Gasteiger partial charge in [0, 0.05) is 38.2 Å². The lowest BCUT2D eigenvalue weighted by atomic mass is 10.2. The number of nitrogens with one attached hydrogen (secondary N) is 1. The summed E-state index contributed by atoms with van der Waals surface area (Å²) in [6.45, 7) is 6.57. The highest BCUT2D eigenvalue weighted by Crippen LogP contribution is 2.30. The number of hydrogen-bond acceptors (Lipinski definition) is 5. The molecule has 9 heteroatoms. The highest BCUT2D eigenvalue weighted by atomic mass is 35.5. The van der Waals surface area contributed by atoms with Gasteiger partial charge in [-0.05, 0) is 24.7 Å². The summed E-state index contributed by atoms with van der Waals surface area (Å²) in [5.41, 5.74) is 1.50. The van der Waals surface area contributed by atoms with Gasteiger partial charge >= 0.3 is 0 Å². The molecule has 1 amide bonds. The molecule has 25 heavy (non-hydrogen) atoms. The van der Waals surface area contributed by atoms with Crippen LogP contribution in [0.1, 0.15) is 6.92 Å². The third-order valence-corrected chi connectivity index (χ3v) is 5.82. The number of carbonyl (C=O) groups is 1. The second kappa shape index (κ2) is 8.35. The lowest BCUT2D eigenvalue weighted by Gasteiger charge is -2.36. The van der Waals surface area contributed by atoms with Gasteiger partial charge in [-0.2, -0.15) is 4.31 Å². The van der Waals surface area contributed by atoms with Crippen LogP contribution in [0.25, 0.3) is 0 Å². The quantitative estimate of drug-likeness (QED) is 0.795. The van der Waals surface area contributed by atoms with E-state index in [-0.39, 0.29) is 6.54 Å². The number of likely N-dealkylation sites (N-methyl/N-ethyl adjacent to an activating group) is 2. The average molecular weight is 389 g/mol. The third-order valence-electron chi connectivity index (χ3n) is 4.33. The summed E-state index contributed by atoms with van der Waals surface area (Å²) in [6, 6.07) is 5.38. The van der Waals surface area contributed by atoms with Crippen molar-refractivity contribution in [2.75, 3.05) is 62.8 Å². The predicted octanol–water partition coefficient (Wildman–Crippen LogP) is 1.31. The first-order chi connectivity index (χ1) is 11.7. The highest BCUT2D eigenvalue weighted by Gasteiger charge is 2.20. The molecule has 1 aromatic carbocycles. The first kappa shape index (κ1) is 20.0. The Kier molecular flexibility index (Phi) is 6.67. The molecule has 1 saturated heterocycles. The molecule has 2 rings (SSSR count). The maximum atomic E-state index is 12.2. The smallest absolute Gasteiger partial charge is 0.239 e. The van der Waals surface area contributed by atoms with Gasteiger partial charge in [0.2, 0.25) is 15.9 Å². The summed E-state index contributed by atoms with van der Waals surface area (Å²) in [7, 11) is -2.03. The fourth-order valence-electron chi connectivity index (χ4n) is 2.70. The Bertz CT molecular complexity index is 718. The molecule has 1 heterocycles. The molecule has 7 nitrogen and oxygen atoms in total. The summed E-state index contributed by atoms with van der Waals surface area (Å²) < 4.78 is 23.9. The molecular weight excluding hydrogens is 364 g/mol. The van der Waals surface area contributed by atoms with E-state index >= 15 is 0 Å². The number of hydrogen-bond donors (Lipinski definition) is 1. The number of halogens is 1. The second-order valence-corrected chi connectivity index (χ2v) is 8.68. The summed E-state index contributed by atoms with van der Waals surface area (Å²) in [6.07, 6.45) is 1.07. The lowest BCUT2D eigenvalue weighted by molar-refractivity contribution is -0.116. The number of carbonyl (C=O) groups excluding carboxylic acids is 1. The number of piperazine rings is 1. The van der Waals surface area contributed by atoms with Gasteiger partial charge in [0.1, 0.15) is 0 Å². The van der Waals surface area contributed by atoms with Crippen LogP contribution in [0.2, 0.25) is 5.02 Å². The Labute approximate surface area is 154 Å². The van der Waals surface area contributed by atoms with Crippen LogP contribution in [0.4, 0.5) is 11.4 Å². The van der Waals surface area contributed by atoms with E-state index in [1.54, 1.807) is 12.1 Å². The van der Waals surface area contributed by atoms with Crippen molar-refractivity contribution in [3.8, 4) is 0 Å². The maximum absolute atomic E-state index is 12.2. The minimum absolute atomic E-state index is 0.242. The molecule has 1 aliphatic heterocycles. The SMILES string of the molecule is CCN1CCN(c2ccc(Cl)cc2NC(=O)CN(C)S(C)(=O)=O)CC1. The number of anilines is 2. The summed E-state index contributed by atoms with van der Waals surface area (Å²) in [4.78, 5) is 16.8. The lowest BCUT2D eigenvalue weighted by Crippen LogP contribution is -2.46. The van der Waals surface area contributed by atoms with Crippen LogP contribution in [0.15, 0.2) is 18.2 Å². The third kappa shape index (κ3) is 5.57. The molecule has 1 aromatic rings. The van der Waals surface area contributed by atoms with Gasteiger partial charge in [-0.25, -0.2) is 8.42 Å². The molecule has 1 N–H and O–H groups in total. The van der Waals surface area contributed by atoms with Gasteiger partial charge in [-0.3, -0.25) is 4.79 Å². The van der Waals surface area contributed by atoms with Crippen LogP contribution in [0, 0.1) is 0 Å². The Morgan fingerprint density at radius 3 is 2.48 bits per heavy atom. The van der Waals surface area contributed by atoms with Crippen molar-refractivity contribution in [1.29, 1.82) is 0 Å². The number of sulfonamides is 1. The molecule has 0 atom stereocenters. The van der Waals surface area contributed by atoms with Crippen LogP contribution in [0.5, 0.6) is 0 Å². The van der Waals surface area contributed by atoms with Crippen molar-refractivity contribution < 1.29 is 13.2 Å². The topological polar surface area (TPSA) is 73.0 Å². The molecule has 1 fully saturated rings. The standard InChI is InChI=1S/C16H25ClN4O3S/c1-4-20-7-9-21(10-8-20)15-6-5-13(17)11-14(15)18-16(22)12-19(2)25(3,23)24/h5-6,11H,4,7-10,12H2,1-3H3,(H,18,22). The molecule has 0 unspecified atom stereocenters. The fourth-order valence-corrected chi connectivity index (χ4v) is 3.22. The number of nitrogens with zero attached hydrogens (tertiary/aromatic N) is 3. The summed E-state index contributed by atoms with van der Waals surface area (Å²) in [5, 5.41) is 3.31. The molecule has 1 aliphatic rings. The molecule has 0 radical (unpaired) electrons. The number of rotatable bonds is 6. The fraction of sp³-hybridized carbons (Fsp3) is 0.562. The minimum atomic E-state index is -3.41. The second-order valence-electron chi connectivity index (χ2n) is 6.15. The Hall–Kier alpha value is -1.35. The number of benzene rings is 1. The van der Waals surface area contributed by atoms with Crippen molar-refractivity contribution in [3.63, 3.8) is 0 Å². The monoisotopic (exact) mass is 388 g/mol. The zero-order valence-corrected chi connectivity index (χ0v) is 16.4. The van der Waals surface area contributed by atoms with Crippen LogP contribution < -0.4 is 10.2 Å². The van der Waals surface area contributed by atoms with Gasteiger partial charge in [0.05, 0.1) is 24.2 Å². The van der Waals surface area contributed by atoms with Crippen molar-refractivity contribution in [2.24, 2.45) is 0 Å². The maximum Gasteiger partial charge on any atom is 0.239 e. The van der Waals surface area contributed by atoms with Crippen LogP contribution in [0.3, 0.4) is 0 Å². The molecular formula is C16H25ClN4O3S. The van der Waals surface area contributed by atoms with Crippen molar-refractivity contribution in [3.05, 3.63) is 23.2 Å². The van der Waals surface area contributed by atoms with Gasteiger partial charge < -0.3 is 15.1 Å². The predicted molar refractivity (Wildman–Crippen MR) is 102 cm³/mol. The van der Waals surface area contributed by atoms with E-state index in [9.17, 15) is 13.2 Å². The zero-order valence-electron chi connectivity index (χ0n) is 14.8.